The van der Waals surface area contributed by atoms with E-state index in [1.165, 1.54) is 0 Å². The molecule has 1 aromatic carbocycles. The first-order valence-corrected chi connectivity index (χ1v) is 6.50. The number of anilines is 1. The molecule has 0 saturated heterocycles. The first-order valence-electron chi connectivity index (χ1n) is 5.62. The highest BCUT2D eigenvalue weighted by Crippen LogP contribution is 2.18. The summed E-state index contributed by atoms with van der Waals surface area (Å²) in [7, 11) is 0. The van der Waals surface area contributed by atoms with Crippen molar-refractivity contribution in [3.63, 3.8) is 0 Å². The molecule has 18 heavy (non-hydrogen) atoms. The average Bonchev–Trinajstić information content (AvgIpc) is 2.97. The summed E-state index contributed by atoms with van der Waals surface area (Å²) < 4.78 is 1.88. The monoisotopic (exact) mass is 257 g/mol. The van der Waals surface area contributed by atoms with Crippen LogP contribution in [0.5, 0.6) is 0 Å². The number of imidazole rings is 1. The van der Waals surface area contributed by atoms with Gasteiger partial charge in [0.25, 0.3) is 5.13 Å². The zero-order valence-corrected chi connectivity index (χ0v) is 10.7. The van der Waals surface area contributed by atoms with Crippen molar-refractivity contribution >= 4 is 17.3 Å². The molecule has 4 nitrogen and oxygen atoms in total. The minimum absolute atomic E-state index is 0.586. The van der Waals surface area contributed by atoms with Crippen LogP contribution in [-0.4, -0.2) is 9.97 Å². The van der Waals surface area contributed by atoms with E-state index in [0.29, 0.717) is 5.95 Å². The number of H-pyrrole nitrogens is 1. The third kappa shape index (κ3) is 1.89. The van der Waals surface area contributed by atoms with E-state index in [4.69, 9.17) is 5.73 Å². The van der Waals surface area contributed by atoms with E-state index >= 15 is 0 Å². The Morgan fingerprint density at radius 1 is 1.28 bits per heavy atom. The van der Waals surface area contributed by atoms with Crippen LogP contribution in [0.25, 0.3) is 16.4 Å². The van der Waals surface area contributed by atoms with Gasteiger partial charge in [0.2, 0.25) is 0 Å². The maximum absolute atomic E-state index is 5.99. The maximum Gasteiger partial charge on any atom is 0.317 e. The topological polar surface area (TPSA) is 58.6 Å². The molecule has 0 unspecified atom stereocenters. The predicted octanol–water partition coefficient (Wildman–Crippen LogP) is 2.31. The van der Waals surface area contributed by atoms with Gasteiger partial charge in [-0.25, -0.2) is 0 Å². The van der Waals surface area contributed by atoms with Gasteiger partial charge in [0, 0.05) is 10.9 Å². The Labute approximate surface area is 109 Å². The van der Waals surface area contributed by atoms with Crippen molar-refractivity contribution in [1.82, 2.24) is 9.97 Å². The summed E-state index contributed by atoms with van der Waals surface area (Å²) >= 11 is 1.58. The van der Waals surface area contributed by atoms with Gasteiger partial charge < -0.3 is 5.73 Å². The molecule has 0 amide bonds. The van der Waals surface area contributed by atoms with E-state index in [0.717, 1.165) is 22.1 Å². The number of nitrogens with two attached hydrogens (primary N) is 1. The van der Waals surface area contributed by atoms with Crippen LogP contribution < -0.4 is 10.3 Å². The first kappa shape index (κ1) is 11.0. The molecule has 0 fully saturated rings. The van der Waals surface area contributed by atoms with Gasteiger partial charge in [0.05, 0.1) is 6.20 Å². The zero-order valence-electron chi connectivity index (χ0n) is 9.92. The van der Waals surface area contributed by atoms with Crippen molar-refractivity contribution in [2.45, 2.75) is 6.92 Å². The molecule has 3 rings (SSSR count). The number of nitrogen functional groups attached to an aromatic ring is 1. The van der Waals surface area contributed by atoms with Crippen LogP contribution in [0, 0.1) is 6.92 Å². The summed E-state index contributed by atoms with van der Waals surface area (Å²) in [6.07, 6.45) is 1.98. The van der Waals surface area contributed by atoms with Gasteiger partial charge in [-0.15, -0.1) is 4.98 Å². The number of aromatic nitrogens is 3. The van der Waals surface area contributed by atoms with Crippen molar-refractivity contribution in [3.05, 3.63) is 47.6 Å². The van der Waals surface area contributed by atoms with E-state index in [-0.39, 0.29) is 0 Å². The molecule has 0 aliphatic rings. The summed E-state index contributed by atoms with van der Waals surface area (Å²) in [6.45, 7) is 1.97. The lowest BCUT2D eigenvalue weighted by Crippen LogP contribution is -2.31. The molecule has 3 N–H and O–H groups in total. The van der Waals surface area contributed by atoms with Crippen molar-refractivity contribution in [2.75, 3.05) is 5.73 Å². The Bertz CT molecular complexity index is 669. The van der Waals surface area contributed by atoms with E-state index in [9.17, 15) is 0 Å². The van der Waals surface area contributed by atoms with Gasteiger partial charge in [-0.3, -0.25) is 4.98 Å². The number of aromatic amines is 1. The minimum Gasteiger partial charge on any atom is -0.310 e. The van der Waals surface area contributed by atoms with Crippen molar-refractivity contribution in [2.24, 2.45) is 0 Å². The fourth-order valence-corrected chi connectivity index (χ4v) is 2.59. The molecule has 3 aromatic rings. The number of aryl methyl sites for hydroxylation is 1. The largest absolute Gasteiger partial charge is 0.317 e. The molecular formula is C13H13N4S+. The van der Waals surface area contributed by atoms with Gasteiger partial charge in [0.1, 0.15) is 11.4 Å². The van der Waals surface area contributed by atoms with Crippen molar-refractivity contribution in [1.29, 1.82) is 0 Å². The Morgan fingerprint density at radius 3 is 2.72 bits per heavy atom. The summed E-state index contributed by atoms with van der Waals surface area (Å²) in [6, 6.07) is 10.1. The second kappa shape index (κ2) is 4.27. The SMILES string of the molecule is Cc1csc(-[n+]2cc(-c3ccccc3)[nH]c2N)n1. The van der Waals surface area contributed by atoms with Gasteiger partial charge in [-0.2, -0.15) is 4.57 Å². The number of hydrogen-bond acceptors (Lipinski definition) is 3. The number of nitrogens with one attached hydrogen (secondary N) is 1. The molecule has 0 aliphatic carbocycles. The summed E-state index contributed by atoms with van der Waals surface area (Å²) in [4.78, 5) is 7.61. The second-order valence-corrected chi connectivity index (χ2v) is 4.90. The molecular weight excluding hydrogens is 244 g/mol. The summed E-state index contributed by atoms with van der Waals surface area (Å²) in [5.41, 5.74) is 9.09. The molecule has 0 spiro atoms. The third-order valence-corrected chi connectivity index (χ3v) is 3.64. The van der Waals surface area contributed by atoms with Crippen LogP contribution in [0.3, 0.4) is 0 Å². The highest BCUT2D eigenvalue weighted by molar-refractivity contribution is 7.11. The van der Waals surface area contributed by atoms with E-state index < -0.39 is 0 Å². The molecule has 0 radical (unpaired) electrons. The Kier molecular flexibility index (Phi) is 2.60. The lowest BCUT2D eigenvalue weighted by molar-refractivity contribution is -0.577. The van der Waals surface area contributed by atoms with E-state index in [1.807, 2.05) is 53.4 Å². The fourth-order valence-electron chi connectivity index (χ4n) is 1.80. The summed E-state index contributed by atoms with van der Waals surface area (Å²) in [5, 5.41) is 2.89. The number of benzene rings is 1. The molecule has 90 valence electrons. The normalized spacial score (nSPS) is 10.7. The van der Waals surface area contributed by atoms with Crippen molar-refractivity contribution in [3.8, 4) is 16.4 Å². The molecule has 5 heteroatoms. The quantitative estimate of drug-likeness (QED) is 0.692. The highest BCUT2D eigenvalue weighted by atomic mass is 32.1. The first-order chi connectivity index (χ1) is 8.74. The smallest absolute Gasteiger partial charge is 0.310 e. The van der Waals surface area contributed by atoms with Gasteiger partial charge in [0.15, 0.2) is 0 Å². The standard InChI is InChI=1S/C13H12N4S/c1-9-8-18-13(15-9)17-7-11(16-12(17)14)10-5-3-2-4-6-10/h2-8H,1H3,(H2,14,16)/p+1. The van der Waals surface area contributed by atoms with Crippen LogP contribution in [0.1, 0.15) is 5.69 Å². The third-order valence-electron chi connectivity index (χ3n) is 2.68. The second-order valence-electron chi connectivity index (χ2n) is 4.06. The van der Waals surface area contributed by atoms with Gasteiger partial charge in [-0.05, 0) is 6.92 Å². The molecule has 0 bridgehead atoms. The predicted molar refractivity (Wildman–Crippen MR) is 72.6 cm³/mol. The lowest BCUT2D eigenvalue weighted by Gasteiger charge is -1.91. The highest BCUT2D eigenvalue weighted by Gasteiger charge is 2.16. The van der Waals surface area contributed by atoms with Crippen LogP contribution in [0.15, 0.2) is 41.9 Å². The van der Waals surface area contributed by atoms with Crippen molar-refractivity contribution < 1.29 is 4.57 Å². The Balaban J connectivity index is 2.06. The average molecular weight is 257 g/mol. The molecule has 2 aromatic heterocycles. The number of nitrogens with zero attached hydrogens (tertiary/aromatic N) is 2. The zero-order chi connectivity index (χ0) is 12.5. The molecule has 0 atom stereocenters. The summed E-state index contributed by atoms with van der Waals surface area (Å²) in [5.74, 6) is 0.586. The fraction of sp³-hybridized carbons (Fsp3) is 0.0769. The van der Waals surface area contributed by atoms with Gasteiger partial charge >= 0.3 is 5.95 Å². The maximum atomic E-state index is 5.99. The molecule has 2 heterocycles. The van der Waals surface area contributed by atoms with E-state index in [2.05, 4.69) is 9.97 Å². The molecule has 0 saturated carbocycles. The van der Waals surface area contributed by atoms with Gasteiger partial charge in [-0.1, -0.05) is 41.7 Å². The number of rotatable bonds is 2. The molecule has 0 aliphatic heterocycles. The Morgan fingerprint density at radius 2 is 2.06 bits per heavy atom. The van der Waals surface area contributed by atoms with Crippen LogP contribution in [0.2, 0.25) is 0 Å². The Hall–Kier alpha value is -2.14. The number of thiazole rings is 1. The number of hydrogen-bond donors (Lipinski definition) is 2. The van der Waals surface area contributed by atoms with E-state index in [1.54, 1.807) is 11.3 Å². The van der Waals surface area contributed by atoms with Crippen LogP contribution in [-0.2, 0) is 0 Å². The lowest BCUT2D eigenvalue weighted by atomic mass is 10.2. The van der Waals surface area contributed by atoms with Crippen LogP contribution >= 0.6 is 11.3 Å². The minimum atomic E-state index is 0.586. The van der Waals surface area contributed by atoms with Crippen LogP contribution in [0.4, 0.5) is 5.95 Å².